The van der Waals surface area contributed by atoms with Crippen LogP contribution in [0.2, 0.25) is 0 Å². The van der Waals surface area contributed by atoms with E-state index in [1.54, 1.807) is 0 Å². The van der Waals surface area contributed by atoms with Crippen LogP contribution in [-0.4, -0.2) is 20.1 Å². The smallest absolute Gasteiger partial charge is 0.352 e. The van der Waals surface area contributed by atoms with E-state index in [1.807, 2.05) is 0 Å². The van der Waals surface area contributed by atoms with Crippen LogP contribution in [0.25, 0.3) is 0 Å². The van der Waals surface area contributed by atoms with E-state index in [1.165, 1.54) is 36.2 Å². The van der Waals surface area contributed by atoms with Crippen molar-refractivity contribution in [2.24, 2.45) is 5.29 Å². The van der Waals surface area contributed by atoms with Crippen LogP contribution in [0.15, 0.2) is 29.6 Å². The van der Waals surface area contributed by atoms with Crippen molar-refractivity contribution in [1.29, 1.82) is 0 Å². The Morgan fingerprint density at radius 1 is 1.38 bits per heavy atom. The van der Waals surface area contributed by atoms with E-state index in [4.69, 9.17) is 9.29 Å². The fourth-order valence-electron chi connectivity index (χ4n) is 0.949. The van der Waals surface area contributed by atoms with Gasteiger partial charge in [0.15, 0.2) is 0 Å². The maximum atomic E-state index is 10.5. The molecule has 1 rings (SSSR count). The van der Waals surface area contributed by atoms with Crippen LogP contribution in [0.4, 0.5) is 5.69 Å². The highest BCUT2D eigenvalue weighted by molar-refractivity contribution is 7.83. The Labute approximate surface area is 91.6 Å². The first kappa shape index (κ1) is 12.4. The molecule has 0 atom stereocenters. The standard InChI is InChI=1S/C7H9N3O5S/c1-15-7-4-2-6(3-5-7)10(8-11)9-16(12,13)14/h2-5,9H,1H3,(H,12,13,14). The second-order valence-corrected chi connectivity index (χ2v) is 3.79. The molecule has 0 unspecified atom stereocenters. The largest absolute Gasteiger partial charge is 0.497 e. The summed E-state index contributed by atoms with van der Waals surface area (Å²) in [6.07, 6.45) is 0. The minimum Gasteiger partial charge on any atom is -0.497 e. The molecule has 1 aromatic carbocycles. The van der Waals surface area contributed by atoms with Crippen molar-refractivity contribution in [3.05, 3.63) is 29.2 Å². The van der Waals surface area contributed by atoms with Gasteiger partial charge in [-0.05, 0) is 24.3 Å². The Bertz CT molecular complexity index is 457. The molecule has 9 heteroatoms. The molecule has 8 nitrogen and oxygen atoms in total. The number of hydrazine groups is 1. The van der Waals surface area contributed by atoms with Gasteiger partial charge in [0, 0.05) is 0 Å². The number of anilines is 1. The molecule has 0 saturated carbocycles. The third-order valence-electron chi connectivity index (χ3n) is 1.60. The van der Waals surface area contributed by atoms with Crippen molar-refractivity contribution in [1.82, 2.24) is 4.83 Å². The molecule has 0 aliphatic heterocycles. The highest BCUT2D eigenvalue weighted by Gasteiger charge is 2.13. The van der Waals surface area contributed by atoms with Gasteiger partial charge in [-0.25, -0.2) is 0 Å². The van der Waals surface area contributed by atoms with Crippen molar-refractivity contribution in [3.8, 4) is 5.75 Å². The second-order valence-electron chi connectivity index (χ2n) is 2.66. The minimum absolute atomic E-state index is 0.133. The van der Waals surface area contributed by atoms with E-state index in [0.29, 0.717) is 10.9 Å². The normalized spacial score (nSPS) is 10.9. The second kappa shape index (κ2) is 4.88. The molecule has 0 radical (unpaired) electrons. The maximum absolute atomic E-state index is 10.5. The Hall–Kier alpha value is -1.71. The first-order valence-electron chi connectivity index (χ1n) is 3.98. The lowest BCUT2D eigenvalue weighted by molar-refractivity contribution is 0.415. The van der Waals surface area contributed by atoms with Crippen LogP contribution in [0.5, 0.6) is 5.75 Å². The maximum Gasteiger partial charge on any atom is 0.352 e. The Morgan fingerprint density at radius 3 is 2.31 bits per heavy atom. The van der Waals surface area contributed by atoms with Crippen molar-refractivity contribution in [2.45, 2.75) is 0 Å². The third-order valence-corrected chi connectivity index (χ3v) is 2.00. The number of nitroso groups, excluding NO2 is 1. The zero-order valence-electron chi connectivity index (χ0n) is 8.19. The molecule has 2 N–H and O–H groups in total. The predicted octanol–water partition coefficient (Wildman–Crippen LogP) is 0.490. The van der Waals surface area contributed by atoms with Crippen LogP contribution < -0.4 is 14.7 Å². The number of ether oxygens (including phenoxy) is 1. The fourth-order valence-corrected chi connectivity index (χ4v) is 1.31. The molecule has 0 spiro atoms. The molecular weight excluding hydrogens is 238 g/mol. The number of nitrogens with one attached hydrogen (secondary N) is 1. The Kier molecular flexibility index (Phi) is 3.77. The highest BCUT2D eigenvalue weighted by atomic mass is 32.2. The van der Waals surface area contributed by atoms with Crippen molar-refractivity contribution in [3.63, 3.8) is 0 Å². The molecule has 0 heterocycles. The molecule has 0 aliphatic carbocycles. The summed E-state index contributed by atoms with van der Waals surface area (Å²) in [5.74, 6) is 0.529. The van der Waals surface area contributed by atoms with E-state index in [-0.39, 0.29) is 5.69 Å². The van der Waals surface area contributed by atoms with Crippen molar-refractivity contribution >= 4 is 16.0 Å². The molecule has 1 aromatic rings. The summed E-state index contributed by atoms with van der Waals surface area (Å²) in [5, 5.41) is 2.76. The lowest BCUT2D eigenvalue weighted by atomic mass is 10.3. The first-order valence-corrected chi connectivity index (χ1v) is 5.42. The molecule has 0 aromatic heterocycles. The van der Waals surface area contributed by atoms with Gasteiger partial charge in [0.25, 0.3) is 0 Å². The molecule has 88 valence electrons. The topological polar surface area (TPSA) is 108 Å². The summed E-state index contributed by atoms with van der Waals surface area (Å²) in [5.41, 5.74) is 0.133. The van der Waals surface area contributed by atoms with E-state index in [2.05, 4.69) is 5.29 Å². The molecule has 0 saturated heterocycles. The van der Waals surface area contributed by atoms with Gasteiger partial charge in [-0.3, -0.25) is 4.55 Å². The van der Waals surface area contributed by atoms with Gasteiger partial charge in [0.05, 0.1) is 18.1 Å². The van der Waals surface area contributed by atoms with E-state index < -0.39 is 10.3 Å². The lowest BCUT2D eigenvalue weighted by Gasteiger charge is -2.13. The van der Waals surface area contributed by atoms with E-state index >= 15 is 0 Å². The summed E-state index contributed by atoms with van der Waals surface area (Å²) in [6.45, 7) is 0. The average molecular weight is 247 g/mol. The van der Waals surface area contributed by atoms with Crippen molar-refractivity contribution in [2.75, 3.05) is 12.2 Å². The van der Waals surface area contributed by atoms with E-state index in [0.717, 1.165) is 0 Å². The highest BCUT2D eigenvalue weighted by Crippen LogP contribution is 2.18. The van der Waals surface area contributed by atoms with Gasteiger partial charge in [-0.15, -0.1) is 10.0 Å². The number of benzene rings is 1. The van der Waals surface area contributed by atoms with Crippen LogP contribution in [0.1, 0.15) is 0 Å². The zero-order chi connectivity index (χ0) is 12.2. The summed E-state index contributed by atoms with van der Waals surface area (Å²) in [4.78, 5) is 11.8. The van der Waals surface area contributed by atoms with Gasteiger partial charge < -0.3 is 4.74 Å². The monoisotopic (exact) mass is 247 g/mol. The van der Waals surface area contributed by atoms with Gasteiger partial charge >= 0.3 is 10.3 Å². The van der Waals surface area contributed by atoms with E-state index in [9.17, 15) is 13.3 Å². The molecule has 0 fully saturated rings. The van der Waals surface area contributed by atoms with Crippen LogP contribution >= 0.6 is 0 Å². The zero-order valence-corrected chi connectivity index (χ0v) is 9.01. The fraction of sp³-hybridized carbons (Fsp3) is 0.143. The average Bonchev–Trinajstić information content (AvgIpc) is 2.25. The van der Waals surface area contributed by atoms with Crippen LogP contribution in [-0.2, 0) is 10.3 Å². The number of hydrogen-bond donors (Lipinski definition) is 2. The summed E-state index contributed by atoms with van der Waals surface area (Å²) >= 11 is 0. The summed E-state index contributed by atoms with van der Waals surface area (Å²) < 4.78 is 34.3. The molecule has 0 bridgehead atoms. The summed E-state index contributed by atoms with van der Waals surface area (Å²) in [6, 6.07) is 5.77. The van der Waals surface area contributed by atoms with Gasteiger partial charge in [-0.1, -0.05) is 4.83 Å². The van der Waals surface area contributed by atoms with Crippen LogP contribution in [0, 0.1) is 4.91 Å². The lowest BCUT2D eigenvalue weighted by Crippen LogP contribution is -2.37. The van der Waals surface area contributed by atoms with Gasteiger partial charge in [0.1, 0.15) is 5.75 Å². The van der Waals surface area contributed by atoms with Crippen molar-refractivity contribution < 1.29 is 17.7 Å². The number of rotatable bonds is 5. The van der Waals surface area contributed by atoms with Gasteiger partial charge in [0.2, 0.25) is 0 Å². The van der Waals surface area contributed by atoms with Crippen LogP contribution in [0.3, 0.4) is 0 Å². The molecule has 0 aliphatic rings. The molecule has 0 amide bonds. The molecule has 16 heavy (non-hydrogen) atoms. The Balaban J connectivity index is 2.91. The molecular formula is C7H9N3O5S. The Morgan fingerprint density at radius 2 is 1.94 bits per heavy atom. The first-order chi connectivity index (χ1) is 7.46. The summed E-state index contributed by atoms with van der Waals surface area (Å²) in [7, 11) is -3.09. The third kappa shape index (κ3) is 3.46. The number of methoxy groups -OCH3 is 1. The number of nitrogens with zero attached hydrogens (tertiary/aromatic N) is 2. The minimum atomic E-state index is -4.55. The SMILES string of the molecule is COc1ccc(N(N=O)NS(=O)(=O)O)cc1. The quantitative estimate of drug-likeness (QED) is 0.445. The number of hydrogen-bond acceptors (Lipinski definition) is 5. The predicted molar refractivity (Wildman–Crippen MR) is 56.0 cm³/mol. The van der Waals surface area contributed by atoms with Gasteiger partial charge in [-0.2, -0.15) is 8.42 Å².